The summed E-state index contributed by atoms with van der Waals surface area (Å²) in [5.74, 6) is -1.55. The van der Waals surface area contributed by atoms with Gasteiger partial charge in [-0.25, -0.2) is 28.1 Å². The first-order valence-corrected chi connectivity index (χ1v) is 15.1. The number of rotatable bonds is 6. The number of pyridine rings is 2. The van der Waals surface area contributed by atoms with Crippen LogP contribution in [0.1, 0.15) is 58.1 Å². The predicted molar refractivity (Wildman–Crippen MR) is 171 cm³/mol. The average Bonchev–Trinajstić information content (AvgIpc) is 3.49. The van der Waals surface area contributed by atoms with Gasteiger partial charge in [0.05, 0.1) is 17.3 Å². The maximum Gasteiger partial charge on any atom is 0.337 e. The molecule has 0 unspecified atom stereocenters. The molecule has 0 radical (unpaired) electrons. The van der Waals surface area contributed by atoms with Crippen LogP contribution < -0.4 is 16.6 Å². The zero-order valence-electron chi connectivity index (χ0n) is 25.2. The number of aromatic nitrogens is 5. The van der Waals surface area contributed by atoms with Crippen molar-refractivity contribution < 1.29 is 18.4 Å². The van der Waals surface area contributed by atoms with Crippen molar-refractivity contribution in [1.29, 1.82) is 0 Å². The molecule has 7 rings (SSSR count). The Kier molecular flexibility index (Phi) is 7.55. The highest BCUT2D eigenvalue weighted by Gasteiger charge is 2.28. The van der Waals surface area contributed by atoms with E-state index in [-0.39, 0.29) is 22.8 Å². The Morgan fingerprint density at radius 3 is 2.43 bits per heavy atom. The van der Waals surface area contributed by atoms with Crippen molar-refractivity contribution in [3.05, 3.63) is 129 Å². The van der Waals surface area contributed by atoms with E-state index in [1.165, 1.54) is 38.1 Å². The lowest BCUT2D eigenvalue weighted by atomic mass is 9.90. The van der Waals surface area contributed by atoms with E-state index in [1.54, 1.807) is 24.3 Å². The van der Waals surface area contributed by atoms with Crippen LogP contribution in [0.25, 0.3) is 33.5 Å². The van der Waals surface area contributed by atoms with E-state index >= 15 is 0 Å². The number of fused-ring (bicyclic) bond motifs is 2. The molecule has 1 fully saturated rings. The third-order valence-electron chi connectivity index (χ3n) is 8.64. The molecule has 12 heteroatoms. The van der Waals surface area contributed by atoms with Crippen LogP contribution in [0.2, 0.25) is 0 Å². The quantitative estimate of drug-likeness (QED) is 0.252. The van der Waals surface area contributed by atoms with Crippen LogP contribution in [-0.4, -0.2) is 41.7 Å². The minimum atomic E-state index is -0.701. The van der Waals surface area contributed by atoms with E-state index in [1.807, 2.05) is 25.1 Å². The maximum atomic E-state index is 14.4. The van der Waals surface area contributed by atoms with Crippen molar-refractivity contribution in [2.75, 3.05) is 0 Å². The fraction of sp³-hybridized carbons (Fsp3) is 0.200. The van der Waals surface area contributed by atoms with Gasteiger partial charge in [0.1, 0.15) is 29.3 Å². The number of hydrogen-bond acceptors (Lipinski definition) is 6. The third kappa shape index (κ3) is 5.62. The summed E-state index contributed by atoms with van der Waals surface area (Å²) in [4.78, 5) is 60.5. The Balaban J connectivity index is 1.21. The molecule has 10 nitrogen and oxygen atoms in total. The molecule has 6 aromatic rings. The molecule has 0 spiro atoms. The first-order chi connectivity index (χ1) is 22.7. The van der Waals surface area contributed by atoms with Crippen LogP contribution >= 0.6 is 0 Å². The lowest BCUT2D eigenvalue weighted by Gasteiger charge is -2.30. The summed E-state index contributed by atoms with van der Waals surface area (Å²) in [5.41, 5.74) is 2.83. The summed E-state index contributed by atoms with van der Waals surface area (Å²) >= 11 is 0. The summed E-state index contributed by atoms with van der Waals surface area (Å²) in [6.07, 6.45) is 6.22. The molecule has 236 valence electrons. The van der Waals surface area contributed by atoms with Crippen LogP contribution in [-0.2, 0) is 0 Å². The van der Waals surface area contributed by atoms with Crippen molar-refractivity contribution in [1.82, 2.24) is 28.8 Å². The highest BCUT2D eigenvalue weighted by atomic mass is 19.1. The van der Waals surface area contributed by atoms with Gasteiger partial charge in [-0.1, -0.05) is 30.3 Å². The van der Waals surface area contributed by atoms with Gasteiger partial charge in [-0.15, -0.1) is 0 Å². The second-order valence-corrected chi connectivity index (χ2v) is 11.8. The number of carbonyl (C=O) groups excluding carboxylic acids is 2. The van der Waals surface area contributed by atoms with Crippen molar-refractivity contribution in [3.8, 4) is 16.8 Å². The molecule has 4 heterocycles. The highest BCUT2D eigenvalue weighted by molar-refractivity contribution is 5.93. The molecule has 0 bridgehead atoms. The smallest absolute Gasteiger partial charge is 0.337 e. The number of aryl methyl sites for hydroxylation is 1. The molecule has 0 aliphatic heterocycles. The first-order valence-electron chi connectivity index (χ1n) is 15.1. The second kappa shape index (κ2) is 11.9. The van der Waals surface area contributed by atoms with E-state index in [0.717, 1.165) is 35.2 Å². The van der Waals surface area contributed by atoms with Crippen molar-refractivity contribution in [2.45, 2.75) is 44.7 Å². The number of amides is 1. The highest BCUT2D eigenvalue weighted by Crippen LogP contribution is 2.29. The van der Waals surface area contributed by atoms with E-state index in [2.05, 4.69) is 15.3 Å². The summed E-state index contributed by atoms with van der Waals surface area (Å²) in [6.45, 7) is 1.88. The van der Waals surface area contributed by atoms with Gasteiger partial charge in [-0.05, 0) is 79.6 Å². The number of nitrogens with zero attached hydrogens (tertiary/aromatic N) is 5. The Bertz CT molecular complexity index is 2320. The van der Waals surface area contributed by atoms with Gasteiger partial charge in [-0.2, -0.15) is 0 Å². The Morgan fingerprint density at radius 2 is 1.68 bits per heavy atom. The molecule has 2 aromatic carbocycles. The number of halogens is 2. The van der Waals surface area contributed by atoms with E-state index in [4.69, 9.17) is 0 Å². The maximum absolute atomic E-state index is 14.4. The number of benzene rings is 2. The SMILES string of the molecule is Cc1cc(-c2ccc(C=O)cc2)cc(-n2c(=O)n([C@H]3CC[C@@H](NC(=O)c4cn5cc(F)ccc5n4)CC3)c(=O)c3cc(F)cnc32)c1. The Morgan fingerprint density at radius 1 is 0.915 bits per heavy atom. The second-order valence-electron chi connectivity index (χ2n) is 11.8. The van der Waals surface area contributed by atoms with Gasteiger partial charge in [0.2, 0.25) is 0 Å². The first kappa shape index (κ1) is 29.9. The fourth-order valence-corrected chi connectivity index (χ4v) is 6.36. The molecule has 1 amide bonds. The van der Waals surface area contributed by atoms with Gasteiger partial charge >= 0.3 is 5.69 Å². The number of hydrogen-bond donors (Lipinski definition) is 1. The Labute approximate surface area is 266 Å². The monoisotopic (exact) mass is 634 g/mol. The summed E-state index contributed by atoms with van der Waals surface area (Å²) in [5, 5.41) is 2.94. The molecule has 0 atom stereocenters. The molecule has 1 N–H and O–H groups in total. The molecular weight excluding hydrogens is 606 g/mol. The number of nitrogens with one attached hydrogen (secondary N) is 1. The van der Waals surface area contributed by atoms with Crippen molar-refractivity contribution >= 4 is 28.9 Å². The van der Waals surface area contributed by atoms with Crippen LogP contribution in [0.5, 0.6) is 0 Å². The molecule has 0 saturated heterocycles. The molecule has 1 saturated carbocycles. The summed E-state index contributed by atoms with van der Waals surface area (Å²) < 4.78 is 32.0. The van der Waals surface area contributed by atoms with E-state index < -0.39 is 34.8 Å². The summed E-state index contributed by atoms with van der Waals surface area (Å²) in [6, 6.07) is 15.7. The predicted octanol–water partition coefficient (Wildman–Crippen LogP) is 5.17. The van der Waals surface area contributed by atoms with Gasteiger partial charge in [0.25, 0.3) is 11.5 Å². The molecule has 4 aromatic heterocycles. The molecule has 47 heavy (non-hydrogen) atoms. The third-order valence-corrected chi connectivity index (χ3v) is 8.64. The molecule has 1 aliphatic carbocycles. The number of aldehydes is 1. The average molecular weight is 635 g/mol. The minimum absolute atomic E-state index is 0.0262. The lowest BCUT2D eigenvalue weighted by molar-refractivity contribution is 0.0917. The number of imidazole rings is 1. The van der Waals surface area contributed by atoms with Gasteiger partial charge < -0.3 is 9.72 Å². The molecule has 1 aliphatic rings. The largest absolute Gasteiger partial charge is 0.348 e. The van der Waals surface area contributed by atoms with Crippen LogP contribution in [0.3, 0.4) is 0 Å². The van der Waals surface area contributed by atoms with E-state index in [0.29, 0.717) is 42.6 Å². The number of carbonyl (C=O) groups is 2. The fourth-order valence-electron chi connectivity index (χ4n) is 6.36. The summed E-state index contributed by atoms with van der Waals surface area (Å²) in [7, 11) is 0. The van der Waals surface area contributed by atoms with Gasteiger partial charge in [0.15, 0.2) is 5.65 Å². The Hall–Kier alpha value is -5.78. The zero-order chi connectivity index (χ0) is 32.8. The van der Waals surface area contributed by atoms with Crippen LogP contribution in [0.4, 0.5) is 8.78 Å². The van der Waals surface area contributed by atoms with E-state index in [9.17, 15) is 28.0 Å². The molecular formula is C35H28F2N6O4. The topological polar surface area (TPSA) is 120 Å². The zero-order valence-corrected chi connectivity index (χ0v) is 25.2. The normalized spacial score (nSPS) is 16.4. The van der Waals surface area contributed by atoms with Gasteiger partial charge in [0, 0.05) is 30.0 Å². The van der Waals surface area contributed by atoms with Crippen molar-refractivity contribution in [3.63, 3.8) is 0 Å². The van der Waals surface area contributed by atoms with Crippen LogP contribution in [0, 0.1) is 18.6 Å². The lowest BCUT2D eigenvalue weighted by Crippen LogP contribution is -2.45. The van der Waals surface area contributed by atoms with Crippen molar-refractivity contribution in [2.24, 2.45) is 0 Å². The standard InChI is InChI=1S/C35H28F2N6O4/c1-20-12-23(22-4-2-21(19-44)3-5-22)14-28(13-20)42-32-29(15-25(37)16-38-32)34(46)43(35(42)47)27-9-7-26(8-10-27)39-33(45)30-18-41-17-24(36)6-11-31(41)40-30/h2-6,11-19,26-27H,7-10H2,1H3,(H,39,45)/t26-,27+. The van der Waals surface area contributed by atoms with Crippen LogP contribution in [0.15, 0.2) is 88.8 Å². The minimum Gasteiger partial charge on any atom is -0.348 e. The van der Waals surface area contributed by atoms with Gasteiger partial charge in [-0.3, -0.25) is 19.0 Å².